The Labute approximate surface area is 112 Å². The van der Waals surface area contributed by atoms with E-state index in [9.17, 15) is 8.42 Å². The van der Waals surface area contributed by atoms with Crippen LogP contribution in [0.4, 0.5) is 0 Å². The summed E-state index contributed by atoms with van der Waals surface area (Å²) in [7, 11) is -3.44. The third kappa shape index (κ3) is 2.90. The summed E-state index contributed by atoms with van der Waals surface area (Å²) in [6, 6.07) is -0.0365. The molecule has 102 valence electrons. The molecule has 2 heterocycles. The van der Waals surface area contributed by atoms with E-state index >= 15 is 0 Å². The number of rotatable bonds is 3. The van der Waals surface area contributed by atoms with Crippen molar-refractivity contribution in [1.82, 2.24) is 15.0 Å². The number of nitrogens with zero attached hydrogens (tertiary/aromatic N) is 1. The molecule has 7 heteroatoms. The van der Waals surface area contributed by atoms with Crippen LogP contribution < -0.4 is 10.0 Å². The maximum atomic E-state index is 12.3. The molecule has 2 unspecified atom stereocenters. The van der Waals surface area contributed by atoms with Crippen molar-refractivity contribution in [2.24, 2.45) is 5.92 Å². The average molecular weight is 289 g/mol. The Balaban J connectivity index is 2.19. The molecular formula is C11H19N3O2S2. The van der Waals surface area contributed by atoms with Crippen LogP contribution in [0.3, 0.4) is 0 Å². The predicted octanol–water partition coefficient (Wildman–Crippen LogP) is 1.04. The van der Waals surface area contributed by atoms with Gasteiger partial charge in [0.1, 0.15) is 0 Å². The monoisotopic (exact) mass is 289 g/mol. The molecule has 1 aliphatic heterocycles. The van der Waals surface area contributed by atoms with Gasteiger partial charge in [-0.1, -0.05) is 6.92 Å². The minimum absolute atomic E-state index is 0.0365. The Morgan fingerprint density at radius 3 is 2.72 bits per heavy atom. The van der Waals surface area contributed by atoms with Crippen molar-refractivity contribution in [2.75, 3.05) is 13.1 Å². The summed E-state index contributed by atoms with van der Waals surface area (Å²) in [6.07, 6.45) is 0.994. The molecule has 1 saturated heterocycles. The second kappa shape index (κ2) is 5.24. The second-order valence-electron chi connectivity index (χ2n) is 4.80. The first-order chi connectivity index (χ1) is 8.40. The summed E-state index contributed by atoms with van der Waals surface area (Å²) in [5, 5.41) is 4.00. The van der Waals surface area contributed by atoms with E-state index in [0.29, 0.717) is 22.4 Å². The van der Waals surface area contributed by atoms with Gasteiger partial charge in [-0.05, 0) is 32.7 Å². The van der Waals surface area contributed by atoms with Crippen LogP contribution in [0.5, 0.6) is 0 Å². The molecule has 1 fully saturated rings. The van der Waals surface area contributed by atoms with Gasteiger partial charge >= 0.3 is 0 Å². The van der Waals surface area contributed by atoms with Crippen molar-refractivity contribution in [2.45, 2.75) is 37.4 Å². The molecule has 0 aromatic carbocycles. The molecule has 0 radical (unpaired) electrons. The number of aromatic nitrogens is 1. The van der Waals surface area contributed by atoms with Gasteiger partial charge in [-0.25, -0.2) is 18.1 Å². The fourth-order valence-electron chi connectivity index (χ4n) is 2.16. The van der Waals surface area contributed by atoms with Gasteiger partial charge < -0.3 is 5.32 Å². The quantitative estimate of drug-likeness (QED) is 0.872. The van der Waals surface area contributed by atoms with Crippen molar-refractivity contribution >= 4 is 21.4 Å². The van der Waals surface area contributed by atoms with E-state index < -0.39 is 10.0 Å². The van der Waals surface area contributed by atoms with E-state index in [0.717, 1.165) is 18.0 Å². The number of hydrogen-bond acceptors (Lipinski definition) is 5. The third-order valence-corrected chi connectivity index (χ3v) is 6.41. The number of aryl methyl sites for hydroxylation is 2. The second-order valence-corrected chi connectivity index (χ2v) is 7.92. The highest BCUT2D eigenvalue weighted by molar-refractivity contribution is 7.91. The van der Waals surface area contributed by atoms with Gasteiger partial charge in [0.2, 0.25) is 0 Å². The lowest BCUT2D eigenvalue weighted by Gasteiger charge is -2.29. The predicted molar refractivity (Wildman–Crippen MR) is 72.3 cm³/mol. The molecular weight excluding hydrogens is 270 g/mol. The van der Waals surface area contributed by atoms with Gasteiger partial charge in [-0.15, -0.1) is 11.3 Å². The molecule has 1 aromatic heterocycles. The largest absolute Gasteiger partial charge is 0.315 e. The summed E-state index contributed by atoms with van der Waals surface area (Å²) < 4.78 is 27.8. The van der Waals surface area contributed by atoms with Crippen LogP contribution >= 0.6 is 11.3 Å². The third-order valence-electron chi connectivity index (χ3n) is 3.24. The Bertz CT molecular complexity index is 524. The Morgan fingerprint density at radius 1 is 1.44 bits per heavy atom. The van der Waals surface area contributed by atoms with Gasteiger partial charge in [0.25, 0.3) is 10.0 Å². The molecule has 0 saturated carbocycles. The van der Waals surface area contributed by atoms with Crippen LogP contribution in [-0.4, -0.2) is 32.5 Å². The molecule has 0 bridgehead atoms. The highest BCUT2D eigenvalue weighted by Gasteiger charge is 2.28. The lowest BCUT2D eigenvalue weighted by molar-refractivity contribution is 0.327. The molecule has 0 aliphatic carbocycles. The van der Waals surface area contributed by atoms with Crippen molar-refractivity contribution in [3.8, 4) is 0 Å². The number of hydrogen-bond donors (Lipinski definition) is 2. The molecule has 2 atom stereocenters. The van der Waals surface area contributed by atoms with Crippen molar-refractivity contribution in [1.29, 1.82) is 0 Å². The van der Waals surface area contributed by atoms with Crippen LogP contribution in [0, 0.1) is 19.8 Å². The van der Waals surface area contributed by atoms with Crippen LogP contribution in [0.1, 0.15) is 24.0 Å². The van der Waals surface area contributed by atoms with E-state index in [1.165, 1.54) is 11.3 Å². The van der Waals surface area contributed by atoms with Crippen molar-refractivity contribution in [3.63, 3.8) is 0 Å². The van der Waals surface area contributed by atoms with Gasteiger partial charge in [-0.2, -0.15) is 0 Å². The summed E-state index contributed by atoms with van der Waals surface area (Å²) in [4.78, 5) is 4.17. The molecule has 2 N–H and O–H groups in total. The Hall–Kier alpha value is -0.500. The van der Waals surface area contributed by atoms with E-state index in [2.05, 4.69) is 21.9 Å². The van der Waals surface area contributed by atoms with E-state index in [4.69, 9.17) is 0 Å². The zero-order valence-corrected chi connectivity index (χ0v) is 12.5. The lowest BCUT2D eigenvalue weighted by atomic mass is 9.96. The fourth-order valence-corrected chi connectivity index (χ4v) is 5.01. The van der Waals surface area contributed by atoms with E-state index in [1.54, 1.807) is 6.92 Å². The molecule has 18 heavy (non-hydrogen) atoms. The maximum Gasteiger partial charge on any atom is 0.252 e. The lowest BCUT2D eigenvalue weighted by Crippen LogP contribution is -2.50. The maximum absolute atomic E-state index is 12.3. The summed E-state index contributed by atoms with van der Waals surface area (Å²) in [6.45, 7) is 7.29. The summed E-state index contributed by atoms with van der Waals surface area (Å²) in [5.74, 6) is 0.357. The highest BCUT2D eigenvalue weighted by atomic mass is 32.2. The molecule has 0 amide bonds. The van der Waals surface area contributed by atoms with Gasteiger partial charge in [-0.3, -0.25) is 0 Å². The van der Waals surface area contributed by atoms with Crippen molar-refractivity contribution in [3.05, 3.63) is 10.7 Å². The van der Waals surface area contributed by atoms with Crippen LogP contribution in [-0.2, 0) is 10.0 Å². The highest BCUT2D eigenvalue weighted by Crippen LogP contribution is 2.24. The minimum Gasteiger partial charge on any atom is -0.315 e. The summed E-state index contributed by atoms with van der Waals surface area (Å²) in [5.41, 5.74) is 0.585. The standard InChI is InChI=1S/C11H19N3O2S2/c1-7-4-5-12-6-10(7)14-18(15,16)11-8(2)13-9(3)17-11/h7,10,12,14H,4-6H2,1-3H3. The first kappa shape index (κ1) is 13.9. The zero-order valence-electron chi connectivity index (χ0n) is 10.9. The minimum atomic E-state index is -3.44. The van der Waals surface area contributed by atoms with Crippen LogP contribution in [0.15, 0.2) is 4.21 Å². The van der Waals surface area contributed by atoms with Crippen molar-refractivity contribution < 1.29 is 8.42 Å². The van der Waals surface area contributed by atoms with Crippen LogP contribution in [0.25, 0.3) is 0 Å². The molecule has 1 aliphatic rings. The normalized spacial score (nSPS) is 25.3. The van der Waals surface area contributed by atoms with Gasteiger partial charge in [0.15, 0.2) is 4.21 Å². The average Bonchev–Trinajstić information content (AvgIpc) is 2.62. The Morgan fingerprint density at radius 2 is 2.17 bits per heavy atom. The molecule has 2 rings (SSSR count). The van der Waals surface area contributed by atoms with Gasteiger partial charge in [0.05, 0.1) is 10.7 Å². The first-order valence-corrected chi connectivity index (χ1v) is 8.37. The molecule has 1 aromatic rings. The first-order valence-electron chi connectivity index (χ1n) is 6.07. The SMILES string of the molecule is Cc1nc(C)c(S(=O)(=O)NC2CNCCC2C)s1. The topological polar surface area (TPSA) is 71.1 Å². The smallest absolute Gasteiger partial charge is 0.252 e. The zero-order chi connectivity index (χ0) is 13.3. The van der Waals surface area contributed by atoms with E-state index in [-0.39, 0.29) is 6.04 Å². The number of sulfonamides is 1. The molecule has 0 spiro atoms. The van der Waals surface area contributed by atoms with E-state index in [1.807, 2.05) is 6.92 Å². The Kier molecular flexibility index (Phi) is 4.05. The fraction of sp³-hybridized carbons (Fsp3) is 0.727. The van der Waals surface area contributed by atoms with Gasteiger partial charge in [0, 0.05) is 12.6 Å². The summed E-state index contributed by atoms with van der Waals surface area (Å²) >= 11 is 1.23. The number of nitrogens with one attached hydrogen (secondary N) is 2. The number of piperidine rings is 1. The number of thiazole rings is 1. The van der Waals surface area contributed by atoms with Crippen LogP contribution in [0.2, 0.25) is 0 Å². The molecule has 5 nitrogen and oxygen atoms in total.